The Balaban J connectivity index is 1.24. The number of thioether (sulfide) groups is 1. The lowest BCUT2D eigenvalue weighted by molar-refractivity contribution is -0.129. The Labute approximate surface area is 186 Å². The molecule has 1 fully saturated rings. The molecule has 0 aliphatic carbocycles. The van der Waals surface area contributed by atoms with Crippen molar-refractivity contribution >= 4 is 17.7 Å². The van der Waals surface area contributed by atoms with Gasteiger partial charge in [-0.2, -0.15) is 0 Å². The SMILES string of the molecule is O=C(CSc1nccn1Cc1ccccc1)N1CCC[C@H]1c1ccc2c(c1)OCCO2. The van der Waals surface area contributed by atoms with Gasteiger partial charge in [-0.05, 0) is 36.1 Å². The van der Waals surface area contributed by atoms with E-state index in [0.717, 1.165) is 48.2 Å². The van der Waals surface area contributed by atoms with Crippen LogP contribution in [0.4, 0.5) is 0 Å². The lowest BCUT2D eigenvalue weighted by atomic mass is 10.0. The van der Waals surface area contributed by atoms with Crippen LogP contribution in [0.15, 0.2) is 66.1 Å². The van der Waals surface area contributed by atoms with Crippen LogP contribution in [0.3, 0.4) is 0 Å². The standard InChI is InChI=1S/C24H25N3O3S/c28-23(17-31-24-25-10-12-26(24)16-18-5-2-1-3-6-18)27-11-4-7-20(27)19-8-9-21-22(15-19)30-14-13-29-21/h1-3,5-6,8-10,12,15,20H,4,7,11,13-14,16-17H2/t20-/m0/s1. The summed E-state index contributed by atoms with van der Waals surface area (Å²) >= 11 is 1.50. The smallest absolute Gasteiger partial charge is 0.233 e. The predicted octanol–water partition coefficient (Wildman–Crippen LogP) is 4.16. The zero-order chi connectivity index (χ0) is 21.0. The molecule has 0 unspecified atom stereocenters. The highest BCUT2D eigenvalue weighted by molar-refractivity contribution is 7.99. The van der Waals surface area contributed by atoms with Crippen LogP contribution in [-0.4, -0.2) is 45.9 Å². The number of likely N-dealkylation sites (tertiary alicyclic amines) is 1. The second kappa shape index (κ2) is 9.06. The van der Waals surface area contributed by atoms with Crippen molar-refractivity contribution in [3.8, 4) is 11.5 Å². The lowest BCUT2D eigenvalue weighted by Crippen LogP contribution is -2.32. The summed E-state index contributed by atoms with van der Waals surface area (Å²) in [5, 5.41) is 0.868. The van der Waals surface area contributed by atoms with E-state index in [4.69, 9.17) is 9.47 Å². The largest absolute Gasteiger partial charge is 0.486 e. The van der Waals surface area contributed by atoms with E-state index in [-0.39, 0.29) is 11.9 Å². The van der Waals surface area contributed by atoms with Crippen LogP contribution in [0.1, 0.15) is 30.0 Å². The minimum atomic E-state index is 0.0907. The Morgan fingerprint density at radius 1 is 1.10 bits per heavy atom. The summed E-state index contributed by atoms with van der Waals surface area (Å²) in [5.74, 6) is 2.09. The molecule has 3 heterocycles. The fourth-order valence-electron chi connectivity index (χ4n) is 4.22. The van der Waals surface area contributed by atoms with Crippen molar-refractivity contribution in [2.75, 3.05) is 25.5 Å². The number of benzene rings is 2. The maximum Gasteiger partial charge on any atom is 0.233 e. The molecule has 6 nitrogen and oxygen atoms in total. The number of fused-ring (bicyclic) bond motifs is 1. The van der Waals surface area contributed by atoms with E-state index in [1.54, 1.807) is 6.20 Å². The number of hydrogen-bond donors (Lipinski definition) is 0. The Morgan fingerprint density at radius 2 is 1.94 bits per heavy atom. The van der Waals surface area contributed by atoms with Crippen LogP contribution in [0.25, 0.3) is 0 Å². The van der Waals surface area contributed by atoms with Gasteiger partial charge in [0.2, 0.25) is 5.91 Å². The van der Waals surface area contributed by atoms with Gasteiger partial charge in [0, 0.05) is 25.5 Å². The van der Waals surface area contributed by atoms with Gasteiger partial charge >= 0.3 is 0 Å². The number of hydrogen-bond acceptors (Lipinski definition) is 5. The first-order chi connectivity index (χ1) is 15.3. The molecular formula is C24H25N3O3S. The zero-order valence-electron chi connectivity index (χ0n) is 17.3. The third-order valence-corrected chi connectivity index (χ3v) is 6.71. The second-order valence-corrected chi connectivity index (χ2v) is 8.70. The third-order valence-electron chi connectivity index (χ3n) is 5.72. The van der Waals surface area contributed by atoms with Crippen LogP contribution >= 0.6 is 11.8 Å². The molecule has 3 aromatic rings. The van der Waals surface area contributed by atoms with E-state index >= 15 is 0 Å². The van der Waals surface area contributed by atoms with Gasteiger partial charge in [-0.1, -0.05) is 48.2 Å². The van der Waals surface area contributed by atoms with Crippen LogP contribution < -0.4 is 9.47 Å². The molecule has 31 heavy (non-hydrogen) atoms. The molecule has 0 N–H and O–H groups in total. The summed E-state index contributed by atoms with van der Waals surface area (Å²) < 4.78 is 13.5. The first-order valence-electron chi connectivity index (χ1n) is 10.6. The fourth-order valence-corrected chi connectivity index (χ4v) is 5.07. The lowest BCUT2D eigenvalue weighted by Gasteiger charge is -2.26. The third kappa shape index (κ3) is 4.42. The number of rotatable bonds is 6. The van der Waals surface area contributed by atoms with Crippen LogP contribution in [0.5, 0.6) is 11.5 Å². The molecule has 1 saturated heterocycles. The number of carbonyl (C=O) groups is 1. The molecule has 2 aliphatic heterocycles. The maximum atomic E-state index is 13.1. The van der Waals surface area contributed by atoms with Crippen LogP contribution in [0.2, 0.25) is 0 Å². The molecule has 2 aliphatic rings. The molecular weight excluding hydrogens is 410 g/mol. The quantitative estimate of drug-likeness (QED) is 0.544. The Kier molecular flexibility index (Phi) is 5.84. The number of amides is 1. The Bertz CT molecular complexity index is 1050. The average Bonchev–Trinajstić information content (AvgIpc) is 3.48. The van der Waals surface area contributed by atoms with Gasteiger partial charge in [0.25, 0.3) is 0 Å². The summed E-state index contributed by atoms with van der Waals surface area (Å²) in [7, 11) is 0. The van der Waals surface area contributed by atoms with E-state index in [1.165, 1.54) is 17.3 Å². The normalized spacial score (nSPS) is 17.7. The topological polar surface area (TPSA) is 56.6 Å². The maximum absolute atomic E-state index is 13.1. The number of aromatic nitrogens is 2. The summed E-state index contributed by atoms with van der Waals surface area (Å²) in [6.07, 6.45) is 5.74. The van der Waals surface area contributed by atoms with Crippen molar-refractivity contribution < 1.29 is 14.3 Å². The highest BCUT2D eigenvalue weighted by Crippen LogP contribution is 2.38. The molecule has 5 rings (SSSR count). The summed E-state index contributed by atoms with van der Waals surface area (Å²) in [4.78, 5) is 19.6. The van der Waals surface area contributed by atoms with Gasteiger partial charge in [-0.25, -0.2) is 4.98 Å². The van der Waals surface area contributed by atoms with Gasteiger partial charge in [-0.15, -0.1) is 0 Å². The Morgan fingerprint density at radius 3 is 2.81 bits per heavy atom. The summed E-state index contributed by atoms with van der Waals surface area (Å²) in [6.45, 7) is 2.69. The highest BCUT2D eigenvalue weighted by atomic mass is 32.2. The van der Waals surface area contributed by atoms with E-state index in [0.29, 0.717) is 19.0 Å². The van der Waals surface area contributed by atoms with E-state index < -0.39 is 0 Å². The molecule has 1 atom stereocenters. The van der Waals surface area contributed by atoms with E-state index in [9.17, 15) is 4.79 Å². The average molecular weight is 436 g/mol. The number of imidazole rings is 1. The van der Waals surface area contributed by atoms with Gasteiger partial charge in [-0.3, -0.25) is 4.79 Å². The van der Waals surface area contributed by atoms with Crippen molar-refractivity contribution in [2.45, 2.75) is 30.6 Å². The Hall–Kier alpha value is -2.93. The molecule has 0 bridgehead atoms. The number of ether oxygens (including phenoxy) is 2. The van der Waals surface area contributed by atoms with Crippen molar-refractivity contribution in [3.63, 3.8) is 0 Å². The van der Waals surface area contributed by atoms with Gasteiger partial charge in [0.1, 0.15) is 13.2 Å². The molecule has 1 aromatic heterocycles. The van der Waals surface area contributed by atoms with E-state index in [1.807, 2.05) is 41.4 Å². The zero-order valence-corrected chi connectivity index (χ0v) is 18.1. The second-order valence-electron chi connectivity index (χ2n) is 7.76. The number of carbonyl (C=O) groups excluding carboxylic acids is 1. The molecule has 0 spiro atoms. The molecule has 2 aromatic carbocycles. The first kappa shape index (κ1) is 20.0. The fraction of sp³-hybridized carbons (Fsp3) is 0.333. The van der Waals surface area contributed by atoms with Crippen molar-refractivity contribution in [3.05, 3.63) is 72.1 Å². The van der Waals surface area contributed by atoms with Gasteiger partial charge in [0.15, 0.2) is 16.7 Å². The predicted molar refractivity (Wildman–Crippen MR) is 120 cm³/mol. The van der Waals surface area contributed by atoms with Gasteiger partial charge in [0.05, 0.1) is 11.8 Å². The van der Waals surface area contributed by atoms with Crippen molar-refractivity contribution in [1.82, 2.24) is 14.5 Å². The minimum Gasteiger partial charge on any atom is -0.486 e. The van der Waals surface area contributed by atoms with E-state index in [2.05, 4.69) is 27.8 Å². The van der Waals surface area contributed by atoms with Crippen molar-refractivity contribution in [1.29, 1.82) is 0 Å². The van der Waals surface area contributed by atoms with Crippen LogP contribution in [-0.2, 0) is 11.3 Å². The molecule has 160 valence electrons. The first-order valence-corrected chi connectivity index (χ1v) is 11.6. The van der Waals surface area contributed by atoms with Crippen LogP contribution in [0, 0.1) is 0 Å². The molecule has 1 amide bonds. The monoisotopic (exact) mass is 435 g/mol. The number of nitrogens with zero attached hydrogens (tertiary/aromatic N) is 3. The van der Waals surface area contributed by atoms with Gasteiger partial charge < -0.3 is 18.9 Å². The molecule has 0 saturated carbocycles. The van der Waals surface area contributed by atoms with Crippen molar-refractivity contribution in [2.24, 2.45) is 0 Å². The highest BCUT2D eigenvalue weighted by Gasteiger charge is 2.31. The summed E-state index contributed by atoms with van der Waals surface area (Å²) in [5.41, 5.74) is 2.33. The summed E-state index contributed by atoms with van der Waals surface area (Å²) in [6, 6.07) is 16.4. The minimum absolute atomic E-state index is 0.0907. The molecule has 7 heteroatoms. The molecule has 0 radical (unpaired) electrons.